The van der Waals surface area contributed by atoms with Crippen molar-refractivity contribution in [1.29, 1.82) is 0 Å². The number of unbranched alkanes of at least 4 members (excludes halogenated alkanes) is 1. The maximum Gasteiger partial charge on any atom is 0.135 e. The van der Waals surface area contributed by atoms with Crippen LogP contribution in [0.15, 0.2) is 6.07 Å². The first kappa shape index (κ1) is 17.7. The van der Waals surface area contributed by atoms with Gasteiger partial charge in [-0.05, 0) is 19.8 Å². The van der Waals surface area contributed by atoms with Crippen LogP contribution in [0, 0.1) is 0 Å². The van der Waals surface area contributed by atoms with Gasteiger partial charge in [0.2, 0.25) is 0 Å². The van der Waals surface area contributed by atoms with E-state index < -0.39 is 0 Å². The molecule has 0 saturated heterocycles. The minimum Gasteiger partial charge on any atom is -0.381 e. The summed E-state index contributed by atoms with van der Waals surface area (Å²) in [5.74, 6) is 2.97. The summed E-state index contributed by atoms with van der Waals surface area (Å²) in [6.07, 6.45) is 3.31. The summed E-state index contributed by atoms with van der Waals surface area (Å²) in [5, 5.41) is 6.61. The molecule has 0 amide bonds. The number of aromatic nitrogens is 2. The molecule has 0 radical (unpaired) electrons. The zero-order valence-corrected chi connectivity index (χ0v) is 13.9. The summed E-state index contributed by atoms with van der Waals surface area (Å²) in [7, 11) is 0. The lowest BCUT2D eigenvalue weighted by atomic mass is 10.2. The maximum atomic E-state index is 5.55. The van der Waals surface area contributed by atoms with Gasteiger partial charge in [0.05, 0.1) is 0 Å². The van der Waals surface area contributed by atoms with E-state index in [2.05, 4.69) is 48.3 Å². The SMILES string of the molecule is CCCCOCCCNc1cc(NCC)nc(C(C)C)n1. The fourth-order valence-electron chi connectivity index (χ4n) is 1.83. The number of rotatable bonds is 11. The Balaban J connectivity index is 2.42. The van der Waals surface area contributed by atoms with Crippen LogP contribution in [-0.2, 0) is 4.74 Å². The third-order valence-corrected chi connectivity index (χ3v) is 3.03. The summed E-state index contributed by atoms with van der Waals surface area (Å²) in [6.45, 7) is 11.9. The summed E-state index contributed by atoms with van der Waals surface area (Å²) in [5.41, 5.74) is 0. The van der Waals surface area contributed by atoms with Crippen LogP contribution < -0.4 is 10.6 Å². The van der Waals surface area contributed by atoms with E-state index in [0.717, 1.165) is 56.6 Å². The molecule has 0 saturated carbocycles. The van der Waals surface area contributed by atoms with Crippen LogP contribution in [0.2, 0.25) is 0 Å². The van der Waals surface area contributed by atoms with E-state index in [1.807, 2.05) is 6.07 Å². The highest BCUT2D eigenvalue weighted by atomic mass is 16.5. The van der Waals surface area contributed by atoms with Crippen molar-refractivity contribution in [2.75, 3.05) is 36.9 Å². The molecule has 0 aliphatic carbocycles. The molecule has 5 heteroatoms. The average Bonchev–Trinajstić information content (AvgIpc) is 2.46. The van der Waals surface area contributed by atoms with Crippen molar-refractivity contribution in [3.05, 3.63) is 11.9 Å². The van der Waals surface area contributed by atoms with Crippen molar-refractivity contribution < 1.29 is 4.74 Å². The number of nitrogens with zero attached hydrogens (tertiary/aromatic N) is 2. The van der Waals surface area contributed by atoms with Crippen LogP contribution >= 0.6 is 0 Å². The van der Waals surface area contributed by atoms with Gasteiger partial charge in [-0.2, -0.15) is 0 Å². The number of anilines is 2. The van der Waals surface area contributed by atoms with Crippen LogP contribution in [-0.4, -0.2) is 36.3 Å². The molecule has 0 aromatic carbocycles. The Kier molecular flexibility index (Phi) is 8.74. The predicted molar refractivity (Wildman–Crippen MR) is 89.1 cm³/mol. The Morgan fingerprint density at radius 1 is 1.05 bits per heavy atom. The van der Waals surface area contributed by atoms with E-state index in [0.29, 0.717) is 5.92 Å². The van der Waals surface area contributed by atoms with E-state index in [-0.39, 0.29) is 0 Å². The van der Waals surface area contributed by atoms with Gasteiger partial charge in [0.25, 0.3) is 0 Å². The predicted octanol–water partition coefficient (Wildman–Crippen LogP) is 3.65. The van der Waals surface area contributed by atoms with Gasteiger partial charge >= 0.3 is 0 Å². The molecule has 1 aromatic heterocycles. The molecule has 21 heavy (non-hydrogen) atoms. The van der Waals surface area contributed by atoms with Gasteiger partial charge in [0.1, 0.15) is 17.5 Å². The van der Waals surface area contributed by atoms with Crippen molar-refractivity contribution in [3.63, 3.8) is 0 Å². The van der Waals surface area contributed by atoms with Crippen molar-refractivity contribution in [2.24, 2.45) is 0 Å². The highest BCUT2D eigenvalue weighted by Crippen LogP contribution is 2.16. The molecule has 1 aromatic rings. The van der Waals surface area contributed by atoms with Gasteiger partial charge in [-0.3, -0.25) is 0 Å². The first-order chi connectivity index (χ1) is 10.2. The Morgan fingerprint density at radius 3 is 2.33 bits per heavy atom. The van der Waals surface area contributed by atoms with E-state index in [1.165, 1.54) is 6.42 Å². The number of ether oxygens (including phenoxy) is 1. The molecule has 0 aliphatic rings. The number of hydrogen-bond acceptors (Lipinski definition) is 5. The topological polar surface area (TPSA) is 59.1 Å². The van der Waals surface area contributed by atoms with Gasteiger partial charge in [-0.25, -0.2) is 9.97 Å². The molecule has 1 heterocycles. The molecule has 0 aliphatic heterocycles. The summed E-state index contributed by atoms with van der Waals surface area (Å²) in [4.78, 5) is 9.07. The maximum absolute atomic E-state index is 5.55. The minimum atomic E-state index is 0.321. The summed E-state index contributed by atoms with van der Waals surface area (Å²) >= 11 is 0. The standard InChI is InChI=1S/C16H30N4O/c1-5-7-10-21-11-8-9-18-15-12-14(17-6-2)19-16(20-15)13(3)4/h12-13H,5-11H2,1-4H3,(H2,17,18,19,20). The van der Waals surface area contributed by atoms with Crippen LogP contribution in [0.25, 0.3) is 0 Å². The van der Waals surface area contributed by atoms with E-state index in [9.17, 15) is 0 Å². The Labute approximate surface area is 128 Å². The second kappa shape index (κ2) is 10.4. The highest BCUT2D eigenvalue weighted by molar-refractivity contribution is 5.47. The lowest BCUT2D eigenvalue weighted by Crippen LogP contribution is -2.11. The summed E-state index contributed by atoms with van der Waals surface area (Å²) in [6, 6.07) is 1.97. The molecular weight excluding hydrogens is 264 g/mol. The summed E-state index contributed by atoms with van der Waals surface area (Å²) < 4.78 is 5.55. The molecular formula is C16H30N4O. The average molecular weight is 294 g/mol. The van der Waals surface area contributed by atoms with Gasteiger partial charge in [0.15, 0.2) is 0 Å². The van der Waals surface area contributed by atoms with Gasteiger partial charge in [-0.15, -0.1) is 0 Å². The van der Waals surface area contributed by atoms with Crippen LogP contribution in [0.1, 0.15) is 58.7 Å². The third kappa shape index (κ3) is 7.27. The molecule has 0 unspecified atom stereocenters. The van der Waals surface area contributed by atoms with Gasteiger partial charge in [0, 0.05) is 38.3 Å². The monoisotopic (exact) mass is 294 g/mol. The molecule has 2 N–H and O–H groups in total. The largest absolute Gasteiger partial charge is 0.381 e. The molecule has 0 fully saturated rings. The fraction of sp³-hybridized carbons (Fsp3) is 0.750. The Bertz CT molecular complexity index is 396. The zero-order valence-electron chi connectivity index (χ0n) is 13.9. The third-order valence-electron chi connectivity index (χ3n) is 3.03. The molecule has 0 atom stereocenters. The van der Waals surface area contributed by atoms with Crippen LogP contribution in [0.4, 0.5) is 11.6 Å². The molecule has 5 nitrogen and oxygen atoms in total. The first-order valence-corrected chi connectivity index (χ1v) is 8.11. The number of hydrogen-bond donors (Lipinski definition) is 2. The smallest absolute Gasteiger partial charge is 0.135 e. The second-order valence-corrected chi connectivity index (χ2v) is 5.43. The lowest BCUT2D eigenvalue weighted by Gasteiger charge is -2.12. The van der Waals surface area contributed by atoms with E-state index >= 15 is 0 Å². The second-order valence-electron chi connectivity index (χ2n) is 5.43. The van der Waals surface area contributed by atoms with Crippen LogP contribution in [0.5, 0.6) is 0 Å². The number of nitrogens with one attached hydrogen (secondary N) is 2. The molecule has 1 rings (SSSR count). The normalized spacial score (nSPS) is 10.9. The lowest BCUT2D eigenvalue weighted by molar-refractivity contribution is 0.131. The van der Waals surface area contributed by atoms with E-state index in [4.69, 9.17) is 4.74 Å². The van der Waals surface area contributed by atoms with Crippen molar-refractivity contribution in [1.82, 2.24) is 9.97 Å². The Morgan fingerprint density at radius 2 is 1.71 bits per heavy atom. The van der Waals surface area contributed by atoms with Gasteiger partial charge in [-0.1, -0.05) is 27.2 Å². The Hall–Kier alpha value is -1.36. The van der Waals surface area contributed by atoms with Crippen LogP contribution in [0.3, 0.4) is 0 Å². The van der Waals surface area contributed by atoms with Gasteiger partial charge < -0.3 is 15.4 Å². The quantitative estimate of drug-likeness (QED) is 0.610. The first-order valence-electron chi connectivity index (χ1n) is 8.11. The van der Waals surface area contributed by atoms with Crippen molar-refractivity contribution in [3.8, 4) is 0 Å². The van der Waals surface area contributed by atoms with E-state index in [1.54, 1.807) is 0 Å². The highest BCUT2D eigenvalue weighted by Gasteiger charge is 2.07. The zero-order chi connectivity index (χ0) is 15.5. The minimum absolute atomic E-state index is 0.321. The molecule has 0 bridgehead atoms. The van der Waals surface area contributed by atoms with Crippen molar-refractivity contribution >= 4 is 11.6 Å². The van der Waals surface area contributed by atoms with Crippen molar-refractivity contribution in [2.45, 2.75) is 52.9 Å². The fourth-order valence-corrected chi connectivity index (χ4v) is 1.83. The molecule has 0 spiro atoms. The molecule has 120 valence electrons.